The number of fused-ring (bicyclic) bond motifs is 1. The summed E-state index contributed by atoms with van der Waals surface area (Å²) in [7, 11) is 3.14. The van der Waals surface area contributed by atoms with Crippen LogP contribution in [0.1, 0.15) is 5.56 Å². The van der Waals surface area contributed by atoms with Crippen LogP contribution in [0.2, 0.25) is 0 Å². The minimum Gasteiger partial charge on any atom is -0.493 e. The highest BCUT2D eigenvalue weighted by molar-refractivity contribution is 7.22. The molecule has 0 atom stereocenters. The number of nitrogens with zero attached hydrogens (tertiary/aromatic N) is 3. The van der Waals surface area contributed by atoms with Crippen LogP contribution in [-0.4, -0.2) is 69.4 Å². The van der Waals surface area contributed by atoms with Crippen molar-refractivity contribution in [1.82, 2.24) is 9.88 Å². The number of ether oxygens (including phenoxy) is 3. The number of para-hydroxylation sites is 1. The Kier molecular flexibility index (Phi) is 7.54. The number of halogens is 1. The van der Waals surface area contributed by atoms with Crippen molar-refractivity contribution in [3.8, 4) is 11.5 Å². The summed E-state index contributed by atoms with van der Waals surface area (Å²) in [6, 6.07) is 10.3. The van der Waals surface area contributed by atoms with Crippen molar-refractivity contribution in [2.45, 2.75) is 0 Å². The number of morpholine rings is 1. The lowest BCUT2D eigenvalue weighted by Gasteiger charge is -2.28. The lowest BCUT2D eigenvalue weighted by Crippen LogP contribution is -2.42. The second-order valence-electron chi connectivity index (χ2n) is 7.47. The van der Waals surface area contributed by atoms with E-state index >= 15 is 0 Å². The number of benzene rings is 2. The highest BCUT2D eigenvalue weighted by Gasteiger charge is 2.21. The van der Waals surface area contributed by atoms with Gasteiger partial charge in [-0.1, -0.05) is 23.5 Å². The van der Waals surface area contributed by atoms with Crippen LogP contribution in [0.25, 0.3) is 16.3 Å². The number of amides is 1. The summed E-state index contributed by atoms with van der Waals surface area (Å²) in [5.41, 5.74) is 1.08. The molecule has 1 aliphatic heterocycles. The summed E-state index contributed by atoms with van der Waals surface area (Å²) in [5, 5.41) is 0.477. The Morgan fingerprint density at radius 1 is 1.21 bits per heavy atom. The minimum atomic E-state index is -0.392. The molecule has 2 heterocycles. The molecule has 0 radical (unpaired) electrons. The van der Waals surface area contributed by atoms with Crippen LogP contribution in [0.15, 0.2) is 42.5 Å². The maximum atomic E-state index is 14.2. The third kappa shape index (κ3) is 5.50. The molecule has 174 valence electrons. The number of hydrogen-bond acceptors (Lipinski definition) is 7. The fourth-order valence-electron chi connectivity index (χ4n) is 3.60. The molecular formula is C24H26FN3O4S. The van der Waals surface area contributed by atoms with Crippen LogP contribution in [0.3, 0.4) is 0 Å². The zero-order valence-corrected chi connectivity index (χ0v) is 19.4. The summed E-state index contributed by atoms with van der Waals surface area (Å²) >= 11 is 1.31. The normalized spacial score (nSPS) is 14.6. The molecule has 0 unspecified atom stereocenters. The van der Waals surface area contributed by atoms with E-state index in [1.807, 2.05) is 12.1 Å². The van der Waals surface area contributed by atoms with Gasteiger partial charge in [0.1, 0.15) is 11.3 Å². The van der Waals surface area contributed by atoms with Crippen LogP contribution in [-0.2, 0) is 9.53 Å². The van der Waals surface area contributed by atoms with E-state index in [1.54, 1.807) is 43.4 Å². The van der Waals surface area contributed by atoms with Gasteiger partial charge >= 0.3 is 0 Å². The molecule has 7 nitrogen and oxygen atoms in total. The van der Waals surface area contributed by atoms with Gasteiger partial charge in [0.2, 0.25) is 0 Å². The third-order valence-corrected chi connectivity index (χ3v) is 6.47. The first-order chi connectivity index (χ1) is 16.1. The average Bonchev–Trinajstić information content (AvgIpc) is 3.28. The van der Waals surface area contributed by atoms with Crippen LogP contribution in [0.4, 0.5) is 9.52 Å². The number of rotatable bonds is 8. The number of thiazole rings is 1. The first kappa shape index (κ1) is 23.2. The maximum Gasteiger partial charge on any atom is 0.252 e. The van der Waals surface area contributed by atoms with Crippen LogP contribution < -0.4 is 14.4 Å². The van der Waals surface area contributed by atoms with Gasteiger partial charge in [-0.2, -0.15) is 0 Å². The molecule has 9 heteroatoms. The fourth-order valence-corrected chi connectivity index (χ4v) is 4.61. The Morgan fingerprint density at radius 2 is 2.00 bits per heavy atom. The van der Waals surface area contributed by atoms with Crippen molar-refractivity contribution < 1.29 is 23.4 Å². The topological polar surface area (TPSA) is 64.1 Å². The Hall–Kier alpha value is -3.01. The highest BCUT2D eigenvalue weighted by Crippen LogP contribution is 2.31. The standard InChI is InChI=1S/C24H26FN3O4S/c1-30-19-8-6-17(16-20(19)31-2)7-9-22(29)28(11-10-27-12-14-32-15-13-27)24-26-23-18(25)4-3-5-21(23)33-24/h3-9,16H,10-15H2,1-2H3/b9-7+. The fraction of sp³-hybridized carbons (Fsp3) is 0.333. The van der Waals surface area contributed by atoms with Gasteiger partial charge in [0.25, 0.3) is 5.91 Å². The molecule has 0 spiro atoms. The molecule has 1 saturated heterocycles. The van der Waals surface area contributed by atoms with Crippen molar-refractivity contribution in [2.75, 3.05) is 58.5 Å². The second kappa shape index (κ2) is 10.7. The van der Waals surface area contributed by atoms with Gasteiger partial charge < -0.3 is 14.2 Å². The van der Waals surface area contributed by atoms with Gasteiger partial charge in [0, 0.05) is 32.3 Å². The van der Waals surface area contributed by atoms with Gasteiger partial charge in [-0.3, -0.25) is 14.6 Å². The molecule has 3 aromatic rings. The first-order valence-electron chi connectivity index (χ1n) is 10.7. The molecule has 33 heavy (non-hydrogen) atoms. The third-order valence-electron chi connectivity index (χ3n) is 5.42. The van der Waals surface area contributed by atoms with Crippen LogP contribution in [0.5, 0.6) is 11.5 Å². The number of hydrogen-bond donors (Lipinski definition) is 0. The predicted molar refractivity (Wildman–Crippen MR) is 128 cm³/mol. The monoisotopic (exact) mass is 471 g/mol. The van der Waals surface area contributed by atoms with Crippen molar-refractivity contribution in [1.29, 1.82) is 0 Å². The molecule has 0 N–H and O–H groups in total. The lowest BCUT2D eigenvalue weighted by molar-refractivity contribution is -0.114. The van der Waals surface area contributed by atoms with Crippen molar-refractivity contribution in [3.05, 3.63) is 53.9 Å². The molecule has 0 bridgehead atoms. The summed E-state index contributed by atoms with van der Waals surface area (Å²) in [4.78, 5) is 21.5. The van der Waals surface area contributed by atoms with Gasteiger partial charge in [0.05, 0.1) is 32.1 Å². The van der Waals surface area contributed by atoms with Gasteiger partial charge in [-0.25, -0.2) is 9.37 Å². The van der Waals surface area contributed by atoms with Gasteiger partial charge in [-0.15, -0.1) is 0 Å². The number of methoxy groups -OCH3 is 2. The van der Waals surface area contributed by atoms with Crippen molar-refractivity contribution >= 4 is 38.7 Å². The summed E-state index contributed by atoms with van der Waals surface area (Å²) in [6.45, 7) is 4.11. The minimum absolute atomic E-state index is 0.225. The summed E-state index contributed by atoms with van der Waals surface area (Å²) < 4.78 is 30.9. The van der Waals surface area contributed by atoms with Crippen molar-refractivity contribution in [3.63, 3.8) is 0 Å². The Morgan fingerprint density at radius 3 is 2.73 bits per heavy atom. The summed E-state index contributed by atoms with van der Waals surface area (Å²) in [6.07, 6.45) is 3.23. The molecule has 0 saturated carbocycles. The largest absolute Gasteiger partial charge is 0.493 e. The Labute approximate surface area is 196 Å². The van der Waals surface area contributed by atoms with Crippen molar-refractivity contribution in [2.24, 2.45) is 0 Å². The molecule has 1 fully saturated rings. The SMILES string of the molecule is COc1ccc(/C=C/C(=O)N(CCN2CCOCC2)c2nc3c(F)cccc3s2)cc1OC. The van der Waals surface area contributed by atoms with E-state index in [9.17, 15) is 9.18 Å². The predicted octanol–water partition coefficient (Wildman–Crippen LogP) is 3.83. The van der Waals surface area contributed by atoms with Crippen LogP contribution in [0, 0.1) is 5.82 Å². The number of anilines is 1. The van der Waals surface area contributed by atoms with E-state index in [0.29, 0.717) is 47.6 Å². The summed E-state index contributed by atoms with van der Waals surface area (Å²) in [5.74, 6) is 0.580. The van der Waals surface area contributed by atoms with Gasteiger partial charge in [0.15, 0.2) is 16.6 Å². The Bertz CT molecular complexity index is 1140. The van der Waals surface area contributed by atoms with E-state index in [-0.39, 0.29) is 11.4 Å². The zero-order valence-electron chi connectivity index (χ0n) is 18.6. The molecule has 4 rings (SSSR count). The molecular weight excluding hydrogens is 445 g/mol. The van der Waals surface area contributed by atoms with Gasteiger partial charge in [-0.05, 0) is 35.9 Å². The average molecular weight is 472 g/mol. The maximum absolute atomic E-state index is 14.2. The smallest absolute Gasteiger partial charge is 0.252 e. The quantitative estimate of drug-likeness (QED) is 0.466. The van der Waals surface area contributed by atoms with Crippen LogP contribution >= 0.6 is 11.3 Å². The molecule has 1 aliphatic rings. The zero-order chi connectivity index (χ0) is 23.2. The second-order valence-corrected chi connectivity index (χ2v) is 8.48. The molecule has 1 amide bonds. The van der Waals surface area contributed by atoms with E-state index in [4.69, 9.17) is 14.2 Å². The number of aromatic nitrogens is 1. The number of carbonyl (C=O) groups excluding carboxylic acids is 1. The van der Waals surface area contributed by atoms with E-state index in [1.165, 1.54) is 23.5 Å². The van der Waals surface area contributed by atoms with E-state index in [2.05, 4.69) is 9.88 Å². The number of carbonyl (C=O) groups is 1. The molecule has 1 aromatic heterocycles. The Balaban J connectivity index is 1.58. The highest BCUT2D eigenvalue weighted by atomic mass is 32.1. The van der Waals surface area contributed by atoms with E-state index < -0.39 is 5.82 Å². The molecule has 0 aliphatic carbocycles. The molecule has 2 aromatic carbocycles. The van der Waals surface area contributed by atoms with E-state index in [0.717, 1.165) is 18.7 Å². The first-order valence-corrected chi connectivity index (χ1v) is 11.5. The lowest BCUT2D eigenvalue weighted by atomic mass is 10.2.